The number of methoxy groups -OCH3 is 1. The lowest BCUT2D eigenvalue weighted by Gasteiger charge is -2.28. The van der Waals surface area contributed by atoms with Crippen molar-refractivity contribution in [2.45, 2.75) is 12.8 Å². The molecule has 0 bridgehead atoms. The lowest BCUT2D eigenvalue weighted by Crippen LogP contribution is -2.24. The van der Waals surface area contributed by atoms with E-state index in [0.717, 1.165) is 30.2 Å². The molecule has 0 fully saturated rings. The zero-order valence-electron chi connectivity index (χ0n) is 16.1. The van der Waals surface area contributed by atoms with Crippen molar-refractivity contribution in [3.63, 3.8) is 0 Å². The van der Waals surface area contributed by atoms with Crippen LogP contribution in [0.4, 0.5) is 0 Å². The predicted octanol–water partition coefficient (Wildman–Crippen LogP) is 6.21. The zero-order valence-corrected chi connectivity index (χ0v) is 17.7. The van der Waals surface area contributed by atoms with Gasteiger partial charge in [0.05, 0.1) is 7.11 Å². The molecule has 3 rings (SSSR count). The first-order chi connectivity index (χ1) is 12.5. The first kappa shape index (κ1) is 21.6. The van der Waals surface area contributed by atoms with Crippen molar-refractivity contribution in [2.24, 2.45) is 5.92 Å². The zero-order chi connectivity index (χ0) is 18.5. The van der Waals surface area contributed by atoms with Crippen LogP contribution < -0.4 is 4.74 Å². The van der Waals surface area contributed by atoms with Crippen molar-refractivity contribution in [3.05, 3.63) is 76.3 Å². The van der Waals surface area contributed by atoms with Gasteiger partial charge < -0.3 is 9.64 Å². The molecule has 1 aliphatic carbocycles. The Morgan fingerprint density at radius 2 is 1.89 bits per heavy atom. The number of ether oxygens (including phenoxy) is 1. The molecule has 0 saturated heterocycles. The normalized spacial score (nSPS) is 18.2. The van der Waals surface area contributed by atoms with Gasteiger partial charge in [0.1, 0.15) is 5.75 Å². The van der Waals surface area contributed by atoms with Crippen LogP contribution in [-0.4, -0.2) is 32.6 Å². The molecule has 0 aromatic heterocycles. The van der Waals surface area contributed by atoms with Gasteiger partial charge in [0.2, 0.25) is 0 Å². The van der Waals surface area contributed by atoms with Crippen molar-refractivity contribution in [1.29, 1.82) is 0 Å². The minimum absolute atomic E-state index is 0. The fourth-order valence-corrected chi connectivity index (χ4v) is 3.65. The molecule has 0 N–H and O–H groups in total. The third-order valence-corrected chi connectivity index (χ3v) is 5.02. The van der Waals surface area contributed by atoms with Gasteiger partial charge in [-0.15, -0.1) is 12.4 Å². The van der Waals surface area contributed by atoms with Crippen molar-refractivity contribution in [2.75, 3.05) is 27.7 Å². The first-order valence-corrected chi connectivity index (χ1v) is 9.40. The molecule has 0 radical (unpaired) electrons. The molecule has 0 amide bonds. The molecule has 1 unspecified atom stereocenters. The SMILES string of the molecule is COc1cccc(C2=C/C(=C\c3ccc(Cl)cc3)CCC2CN(C)C)c1.Cl. The van der Waals surface area contributed by atoms with Gasteiger partial charge in [-0.05, 0) is 79.4 Å². The van der Waals surface area contributed by atoms with Gasteiger partial charge in [0.25, 0.3) is 0 Å². The third-order valence-electron chi connectivity index (χ3n) is 4.77. The molecule has 0 heterocycles. The van der Waals surface area contributed by atoms with E-state index in [9.17, 15) is 0 Å². The van der Waals surface area contributed by atoms with Crippen molar-refractivity contribution in [3.8, 4) is 5.75 Å². The fraction of sp³-hybridized carbons (Fsp3) is 0.304. The second-order valence-electron chi connectivity index (χ2n) is 7.10. The Bertz CT molecular complexity index is 809. The van der Waals surface area contributed by atoms with Crippen LogP contribution in [0.2, 0.25) is 5.02 Å². The maximum absolute atomic E-state index is 6.00. The van der Waals surface area contributed by atoms with Crippen LogP contribution in [0, 0.1) is 5.92 Å². The third kappa shape index (κ3) is 5.87. The van der Waals surface area contributed by atoms with Crippen LogP contribution >= 0.6 is 24.0 Å². The van der Waals surface area contributed by atoms with Gasteiger partial charge in [-0.1, -0.05) is 48.0 Å². The highest BCUT2D eigenvalue weighted by Crippen LogP contribution is 2.37. The van der Waals surface area contributed by atoms with E-state index >= 15 is 0 Å². The summed E-state index contributed by atoms with van der Waals surface area (Å²) >= 11 is 6.00. The summed E-state index contributed by atoms with van der Waals surface area (Å²) in [7, 11) is 6.00. The molecule has 0 aliphatic heterocycles. The number of rotatable bonds is 5. The summed E-state index contributed by atoms with van der Waals surface area (Å²) in [4.78, 5) is 2.27. The van der Waals surface area contributed by atoms with E-state index in [2.05, 4.69) is 61.5 Å². The first-order valence-electron chi connectivity index (χ1n) is 9.02. The average molecular weight is 404 g/mol. The van der Waals surface area contributed by atoms with Gasteiger partial charge in [-0.3, -0.25) is 0 Å². The summed E-state index contributed by atoms with van der Waals surface area (Å²) < 4.78 is 5.43. The number of halogens is 2. The van der Waals surface area contributed by atoms with Crippen LogP contribution in [-0.2, 0) is 0 Å². The molecule has 0 saturated carbocycles. The van der Waals surface area contributed by atoms with E-state index in [0.29, 0.717) is 5.92 Å². The van der Waals surface area contributed by atoms with E-state index in [1.165, 1.54) is 22.3 Å². The summed E-state index contributed by atoms with van der Waals surface area (Å²) in [6.07, 6.45) is 6.87. The van der Waals surface area contributed by atoms with Crippen LogP contribution in [0.25, 0.3) is 11.6 Å². The average Bonchev–Trinajstić information content (AvgIpc) is 2.64. The van der Waals surface area contributed by atoms with E-state index < -0.39 is 0 Å². The second kappa shape index (κ2) is 9.98. The topological polar surface area (TPSA) is 12.5 Å². The molecule has 1 aliphatic rings. The lowest BCUT2D eigenvalue weighted by atomic mass is 9.81. The van der Waals surface area contributed by atoms with Gasteiger partial charge >= 0.3 is 0 Å². The maximum Gasteiger partial charge on any atom is 0.119 e. The lowest BCUT2D eigenvalue weighted by molar-refractivity contribution is 0.352. The van der Waals surface area contributed by atoms with Crippen LogP contribution in [0.1, 0.15) is 24.0 Å². The highest BCUT2D eigenvalue weighted by molar-refractivity contribution is 6.30. The Morgan fingerprint density at radius 3 is 2.56 bits per heavy atom. The summed E-state index contributed by atoms with van der Waals surface area (Å²) in [6, 6.07) is 16.4. The van der Waals surface area contributed by atoms with E-state index in [1.54, 1.807) is 7.11 Å². The molecule has 0 spiro atoms. The minimum atomic E-state index is 0. The molecule has 1 atom stereocenters. The quantitative estimate of drug-likeness (QED) is 0.588. The maximum atomic E-state index is 6.00. The van der Waals surface area contributed by atoms with Crippen LogP contribution in [0.15, 0.2) is 60.2 Å². The Balaban J connectivity index is 0.00000261. The monoisotopic (exact) mass is 403 g/mol. The minimum Gasteiger partial charge on any atom is -0.497 e. The number of allylic oxidation sites excluding steroid dienone is 2. The van der Waals surface area contributed by atoms with Gasteiger partial charge in [-0.2, -0.15) is 0 Å². The molecular formula is C23H27Cl2NO. The van der Waals surface area contributed by atoms with E-state index in [4.69, 9.17) is 16.3 Å². The smallest absolute Gasteiger partial charge is 0.119 e. The highest BCUT2D eigenvalue weighted by Gasteiger charge is 2.22. The molecule has 2 aromatic rings. The molecule has 2 nitrogen and oxygen atoms in total. The highest BCUT2D eigenvalue weighted by atomic mass is 35.5. The van der Waals surface area contributed by atoms with Gasteiger partial charge in [0.15, 0.2) is 0 Å². The Morgan fingerprint density at radius 1 is 1.15 bits per heavy atom. The van der Waals surface area contributed by atoms with Crippen molar-refractivity contribution >= 4 is 35.7 Å². The Hall–Kier alpha value is -1.74. The Labute approximate surface area is 173 Å². The summed E-state index contributed by atoms with van der Waals surface area (Å²) in [5, 5.41) is 0.773. The van der Waals surface area contributed by atoms with E-state index in [1.807, 2.05) is 18.2 Å². The van der Waals surface area contributed by atoms with Crippen LogP contribution in [0.5, 0.6) is 5.75 Å². The molecule has 144 valence electrons. The van der Waals surface area contributed by atoms with E-state index in [-0.39, 0.29) is 12.4 Å². The second-order valence-corrected chi connectivity index (χ2v) is 7.54. The van der Waals surface area contributed by atoms with Gasteiger partial charge in [-0.25, -0.2) is 0 Å². The van der Waals surface area contributed by atoms with Crippen LogP contribution in [0.3, 0.4) is 0 Å². The molecule has 27 heavy (non-hydrogen) atoms. The molecule has 2 aromatic carbocycles. The van der Waals surface area contributed by atoms with Gasteiger partial charge in [0, 0.05) is 11.6 Å². The van der Waals surface area contributed by atoms with Crippen molar-refractivity contribution < 1.29 is 4.74 Å². The number of benzene rings is 2. The summed E-state index contributed by atoms with van der Waals surface area (Å²) in [5.74, 6) is 1.43. The number of nitrogens with zero attached hydrogens (tertiary/aromatic N) is 1. The molecular weight excluding hydrogens is 377 g/mol. The number of hydrogen-bond acceptors (Lipinski definition) is 2. The van der Waals surface area contributed by atoms with Crippen molar-refractivity contribution in [1.82, 2.24) is 4.90 Å². The summed E-state index contributed by atoms with van der Waals surface area (Å²) in [6.45, 7) is 1.05. The largest absolute Gasteiger partial charge is 0.497 e. The number of hydrogen-bond donors (Lipinski definition) is 0. The Kier molecular flexibility index (Phi) is 7.97. The predicted molar refractivity (Wildman–Crippen MR) is 119 cm³/mol. The molecule has 4 heteroatoms. The fourth-order valence-electron chi connectivity index (χ4n) is 3.53. The summed E-state index contributed by atoms with van der Waals surface area (Å²) in [5.41, 5.74) is 5.19. The standard InChI is InChI=1S/C23H26ClNO.ClH/c1-25(2)16-20-10-7-18(13-17-8-11-21(24)12-9-17)14-23(20)19-5-4-6-22(15-19)26-3;/h4-6,8-9,11-15,20H,7,10,16H2,1-3H3;1H/b18-13-;.